The van der Waals surface area contributed by atoms with Crippen LogP contribution in [0, 0.1) is 6.92 Å². The maximum absolute atomic E-state index is 12.0. The highest BCUT2D eigenvalue weighted by Gasteiger charge is 2.13. The van der Waals surface area contributed by atoms with Crippen molar-refractivity contribution in [1.29, 1.82) is 0 Å². The number of carbonyl (C=O) groups excluding carboxylic acids is 2. The number of anilines is 1. The Balaban J connectivity index is 1.97. The van der Waals surface area contributed by atoms with Crippen LogP contribution in [0.3, 0.4) is 0 Å². The summed E-state index contributed by atoms with van der Waals surface area (Å²) in [6.07, 6.45) is 0.250. The number of ketones is 1. The van der Waals surface area contributed by atoms with Crippen LogP contribution in [0.25, 0.3) is 0 Å². The van der Waals surface area contributed by atoms with Gasteiger partial charge in [0.2, 0.25) is 5.91 Å². The van der Waals surface area contributed by atoms with Gasteiger partial charge in [0.05, 0.1) is 23.6 Å². The zero-order valence-corrected chi connectivity index (χ0v) is 13.6. The number of nitrogens with one attached hydrogen (secondary N) is 1. The molecule has 1 N–H and O–H groups in total. The molecule has 22 heavy (non-hydrogen) atoms. The third-order valence-corrected chi connectivity index (χ3v) is 4.14. The lowest BCUT2D eigenvalue weighted by Crippen LogP contribution is -2.14. The first-order valence-electron chi connectivity index (χ1n) is 6.99. The lowest BCUT2D eigenvalue weighted by atomic mass is 10.1. The summed E-state index contributed by atoms with van der Waals surface area (Å²) in [6.45, 7) is 5.79. The summed E-state index contributed by atoms with van der Waals surface area (Å²) >= 11 is 1.20. The van der Waals surface area contributed by atoms with Gasteiger partial charge in [-0.1, -0.05) is 23.5 Å². The van der Waals surface area contributed by atoms with E-state index in [0.29, 0.717) is 22.3 Å². The number of hydrogen-bond acceptors (Lipinski definition) is 5. The Morgan fingerprint density at radius 3 is 2.50 bits per heavy atom. The number of carbonyl (C=O) groups is 2. The number of aromatic nitrogens is 1. The van der Waals surface area contributed by atoms with E-state index >= 15 is 0 Å². The topological polar surface area (TPSA) is 68.3 Å². The summed E-state index contributed by atoms with van der Waals surface area (Å²) in [5, 5.41) is 3.19. The molecular formula is C16H18N2O3S. The SMILES string of the molecule is CCOc1ccc(CC(=O)Nc2nc(C)c(C(C)=O)s2)cc1. The van der Waals surface area contributed by atoms with E-state index in [1.165, 1.54) is 18.3 Å². The molecule has 1 aromatic heterocycles. The van der Waals surface area contributed by atoms with Gasteiger partial charge in [-0.15, -0.1) is 0 Å². The molecule has 1 amide bonds. The second-order valence-electron chi connectivity index (χ2n) is 4.79. The van der Waals surface area contributed by atoms with Crippen molar-refractivity contribution < 1.29 is 14.3 Å². The van der Waals surface area contributed by atoms with Gasteiger partial charge in [-0.2, -0.15) is 0 Å². The highest BCUT2D eigenvalue weighted by molar-refractivity contribution is 7.17. The molecule has 0 fully saturated rings. The normalized spacial score (nSPS) is 10.3. The second kappa shape index (κ2) is 7.17. The lowest BCUT2D eigenvalue weighted by Gasteiger charge is -2.05. The molecule has 0 atom stereocenters. The highest BCUT2D eigenvalue weighted by atomic mass is 32.1. The van der Waals surface area contributed by atoms with Crippen molar-refractivity contribution in [3.63, 3.8) is 0 Å². The van der Waals surface area contributed by atoms with Crippen LogP contribution in [0.2, 0.25) is 0 Å². The van der Waals surface area contributed by atoms with E-state index in [2.05, 4.69) is 10.3 Å². The van der Waals surface area contributed by atoms with E-state index in [-0.39, 0.29) is 18.1 Å². The molecule has 0 saturated heterocycles. The molecule has 1 heterocycles. The van der Waals surface area contributed by atoms with Gasteiger partial charge in [0.25, 0.3) is 0 Å². The molecule has 0 aliphatic heterocycles. The molecule has 2 rings (SSSR count). The largest absolute Gasteiger partial charge is 0.494 e. The lowest BCUT2D eigenvalue weighted by molar-refractivity contribution is -0.115. The van der Waals surface area contributed by atoms with Crippen molar-refractivity contribution in [2.45, 2.75) is 27.2 Å². The van der Waals surface area contributed by atoms with Gasteiger partial charge >= 0.3 is 0 Å². The van der Waals surface area contributed by atoms with Crippen LogP contribution >= 0.6 is 11.3 Å². The fourth-order valence-corrected chi connectivity index (χ4v) is 2.87. The fourth-order valence-electron chi connectivity index (χ4n) is 2.00. The zero-order chi connectivity index (χ0) is 16.1. The first-order chi connectivity index (χ1) is 10.5. The molecule has 0 aliphatic carbocycles. The number of amides is 1. The van der Waals surface area contributed by atoms with E-state index in [1.54, 1.807) is 6.92 Å². The van der Waals surface area contributed by atoms with Crippen LogP contribution in [-0.4, -0.2) is 23.3 Å². The Bertz CT molecular complexity index is 677. The quantitative estimate of drug-likeness (QED) is 0.830. The number of nitrogens with zero attached hydrogens (tertiary/aromatic N) is 1. The second-order valence-corrected chi connectivity index (χ2v) is 5.79. The molecule has 0 bridgehead atoms. The Kier molecular flexibility index (Phi) is 5.27. The van der Waals surface area contributed by atoms with E-state index in [9.17, 15) is 9.59 Å². The highest BCUT2D eigenvalue weighted by Crippen LogP contribution is 2.23. The number of hydrogen-bond donors (Lipinski definition) is 1. The van der Waals surface area contributed by atoms with Crippen molar-refractivity contribution in [2.75, 3.05) is 11.9 Å². The predicted octanol–water partition coefficient (Wildman–Crippen LogP) is 3.23. The van der Waals surface area contributed by atoms with E-state index in [4.69, 9.17) is 4.74 Å². The third-order valence-electron chi connectivity index (χ3n) is 2.96. The van der Waals surface area contributed by atoms with Crippen LogP contribution in [0.15, 0.2) is 24.3 Å². The zero-order valence-electron chi connectivity index (χ0n) is 12.8. The molecule has 1 aromatic carbocycles. The molecule has 0 radical (unpaired) electrons. The van der Waals surface area contributed by atoms with Crippen molar-refractivity contribution in [1.82, 2.24) is 4.98 Å². The monoisotopic (exact) mass is 318 g/mol. The Labute approximate surface area is 133 Å². The van der Waals surface area contributed by atoms with Crippen LogP contribution in [0.5, 0.6) is 5.75 Å². The van der Waals surface area contributed by atoms with Crippen LogP contribution in [-0.2, 0) is 11.2 Å². The average Bonchev–Trinajstić information content (AvgIpc) is 2.82. The molecular weight excluding hydrogens is 300 g/mol. The molecule has 0 aliphatic rings. The fraction of sp³-hybridized carbons (Fsp3) is 0.312. The number of rotatable bonds is 6. The summed E-state index contributed by atoms with van der Waals surface area (Å²) in [5.41, 5.74) is 1.54. The Morgan fingerprint density at radius 1 is 1.27 bits per heavy atom. The first kappa shape index (κ1) is 16.2. The van der Waals surface area contributed by atoms with Gasteiger partial charge in [0.1, 0.15) is 5.75 Å². The maximum atomic E-state index is 12.0. The summed E-state index contributed by atoms with van der Waals surface area (Å²) in [5.74, 6) is 0.586. The van der Waals surface area contributed by atoms with Gasteiger partial charge in [0, 0.05) is 6.92 Å². The summed E-state index contributed by atoms with van der Waals surface area (Å²) in [7, 11) is 0. The molecule has 2 aromatic rings. The molecule has 6 heteroatoms. The van der Waals surface area contributed by atoms with Crippen molar-refractivity contribution in [3.8, 4) is 5.75 Å². The van der Waals surface area contributed by atoms with Crippen LogP contribution in [0.1, 0.15) is 34.8 Å². The maximum Gasteiger partial charge on any atom is 0.230 e. The van der Waals surface area contributed by atoms with E-state index < -0.39 is 0 Å². The van der Waals surface area contributed by atoms with E-state index in [1.807, 2.05) is 31.2 Å². The number of aryl methyl sites for hydroxylation is 1. The van der Waals surface area contributed by atoms with Gasteiger partial charge in [-0.05, 0) is 31.5 Å². The van der Waals surface area contributed by atoms with Gasteiger partial charge in [-0.3, -0.25) is 9.59 Å². The average molecular weight is 318 g/mol. The Morgan fingerprint density at radius 2 is 1.95 bits per heavy atom. The molecule has 0 spiro atoms. The van der Waals surface area contributed by atoms with Crippen molar-refractivity contribution in [3.05, 3.63) is 40.4 Å². The number of ether oxygens (including phenoxy) is 1. The number of Topliss-reactive ketones (excluding diaryl/α,β-unsaturated/α-hetero) is 1. The van der Waals surface area contributed by atoms with Crippen molar-refractivity contribution in [2.24, 2.45) is 0 Å². The summed E-state index contributed by atoms with van der Waals surface area (Å²) in [4.78, 5) is 28.2. The minimum Gasteiger partial charge on any atom is -0.494 e. The molecule has 0 saturated carbocycles. The minimum absolute atomic E-state index is 0.0398. The number of thiazole rings is 1. The van der Waals surface area contributed by atoms with Crippen LogP contribution < -0.4 is 10.1 Å². The van der Waals surface area contributed by atoms with E-state index in [0.717, 1.165) is 11.3 Å². The summed E-state index contributed by atoms with van der Waals surface area (Å²) < 4.78 is 5.36. The van der Waals surface area contributed by atoms with Gasteiger partial charge in [0.15, 0.2) is 10.9 Å². The first-order valence-corrected chi connectivity index (χ1v) is 7.81. The minimum atomic E-state index is -0.159. The van der Waals surface area contributed by atoms with Crippen LogP contribution in [0.4, 0.5) is 5.13 Å². The predicted molar refractivity (Wildman–Crippen MR) is 86.8 cm³/mol. The third kappa shape index (κ3) is 4.14. The van der Waals surface area contributed by atoms with Crippen molar-refractivity contribution >= 4 is 28.2 Å². The molecule has 116 valence electrons. The van der Waals surface area contributed by atoms with Gasteiger partial charge in [-0.25, -0.2) is 4.98 Å². The standard InChI is InChI=1S/C16H18N2O3S/c1-4-21-13-7-5-12(6-8-13)9-14(20)18-16-17-10(2)15(22-16)11(3)19/h5-8H,4,9H2,1-3H3,(H,17,18,20). The number of benzene rings is 1. The van der Waals surface area contributed by atoms with Gasteiger partial charge < -0.3 is 10.1 Å². The Hall–Kier alpha value is -2.21. The summed E-state index contributed by atoms with van der Waals surface area (Å²) in [6, 6.07) is 7.40. The molecule has 0 unspecified atom stereocenters. The smallest absolute Gasteiger partial charge is 0.230 e. The molecule has 5 nitrogen and oxygen atoms in total.